The van der Waals surface area contributed by atoms with Gasteiger partial charge in [0.1, 0.15) is 5.60 Å². The third-order valence-electron chi connectivity index (χ3n) is 5.25. The summed E-state index contributed by atoms with van der Waals surface area (Å²) in [6, 6.07) is -0.302. The molecule has 2 N–H and O–H groups in total. The molecule has 0 spiro atoms. The number of aromatic amines is 1. The van der Waals surface area contributed by atoms with Gasteiger partial charge >= 0.3 is 12.1 Å². The summed E-state index contributed by atoms with van der Waals surface area (Å²) in [4.78, 5) is 42.1. The molecule has 1 aliphatic rings. The molecule has 0 radical (unpaired) electrons. The van der Waals surface area contributed by atoms with Crippen LogP contribution in [0.1, 0.15) is 72.6 Å². The van der Waals surface area contributed by atoms with Gasteiger partial charge in [-0.1, -0.05) is 0 Å². The lowest BCUT2D eigenvalue weighted by Gasteiger charge is -2.35. The van der Waals surface area contributed by atoms with Crippen LogP contribution < -0.4 is 5.32 Å². The quantitative estimate of drug-likeness (QED) is 0.575. The van der Waals surface area contributed by atoms with Crippen LogP contribution in [0.25, 0.3) is 0 Å². The number of piperidine rings is 1. The topological polar surface area (TPSA) is 101 Å². The summed E-state index contributed by atoms with van der Waals surface area (Å²) in [5.41, 5.74) is 1.59. The normalized spacial score (nSPS) is 16.9. The first-order valence-corrected chi connectivity index (χ1v) is 9.99. The van der Waals surface area contributed by atoms with E-state index in [0.29, 0.717) is 35.6 Å². The molecule has 1 saturated heterocycles. The zero-order valence-corrected chi connectivity index (χ0v) is 18.5. The lowest BCUT2D eigenvalue weighted by molar-refractivity contribution is 0.0462. The number of amides is 1. The van der Waals surface area contributed by atoms with Crippen molar-refractivity contribution in [1.82, 2.24) is 15.2 Å². The minimum Gasteiger partial charge on any atom is -0.465 e. The Hall–Kier alpha value is -2.35. The number of alkyl carbamates (subject to hydrolysis) is 1. The molecule has 8 heteroatoms. The van der Waals surface area contributed by atoms with Crippen molar-refractivity contribution in [3.05, 3.63) is 22.5 Å². The highest BCUT2D eigenvalue weighted by molar-refractivity contribution is 6.03. The van der Waals surface area contributed by atoms with Crippen LogP contribution in [0, 0.1) is 13.8 Å². The van der Waals surface area contributed by atoms with Crippen molar-refractivity contribution in [2.24, 2.45) is 0 Å². The second-order valence-corrected chi connectivity index (χ2v) is 8.61. The Kier molecular flexibility index (Phi) is 7.11. The third kappa shape index (κ3) is 5.59. The van der Waals surface area contributed by atoms with E-state index in [4.69, 9.17) is 9.47 Å². The third-order valence-corrected chi connectivity index (χ3v) is 5.25. The highest BCUT2D eigenvalue weighted by Gasteiger charge is 2.31. The lowest BCUT2D eigenvalue weighted by atomic mass is 9.99. The molecule has 0 saturated carbocycles. The van der Waals surface area contributed by atoms with Crippen molar-refractivity contribution in [3.8, 4) is 0 Å². The van der Waals surface area contributed by atoms with Crippen molar-refractivity contribution >= 4 is 17.8 Å². The molecule has 1 amide bonds. The predicted molar refractivity (Wildman–Crippen MR) is 109 cm³/mol. The van der Waals surface area contributed by atoms with Gasteiger partial charge in [0, 0.05) is 24.8 Å². The molecule has 0 aromatic carbocycles. The number of ether oxygens (including phenoxy) is 2. The van der Waals surface area contributed by atoms with Crippen LogP contribution in [-0.4, -0.2) is 65.6 Å². The number of likely N-dealkylation sites (tertiary alicyclic amines) is 1. The number of nitrogens with one attached hydrogen (secondary N) is 2. The zero-order chi connectivity index (χ0) is 21.9. The Morgan fingerprint density at radius 1 is 1.17 bits per heavy atom. The van der Waals surface area contributed by atoms with Crippen molar-refractivity contribution in [3.63, 3.8) is 0 Å². The first-order valence-electron chi connectivity index (χ1n) is 9.99. The Bertz CT molecular complexity index is 770. The van der Waals surface area contributed by atoms with Crippen molar-refractivity contribution < 1.29 is 23.9 Å². The first-order chi connectivity index (χ1) is 13.4. The number of aromatic nitrogens is 1. The number of methoxy groups -OCH3 is 1. The standard InChI is InChI=1S/C21H33N3O5/c1-12-16(19(26)28-7)13(2)22-17(12)18(25)14(3)24-10-8-15(9-11-24)23-20(27)29-21(4,5)6/h14-15,22H,8-11H2,1-7H3,(H,23,27). The van der Waals surface area contributed by atoms with Crippen LogP contribution in [0.3, 0.4) is 0 Å². The number of esters is 1. The molecule has 29 heavy (non-hydrogen) atoms. The second-order valence-electron chi connectivity index (χ2n) is 8.61. The van der Waals surface area contributed by atoms with E-state index in [2.05, 4.69) is 15.2 Å². The fourth-order valence-corrected chi connectivity index (χ4v) is 3.68. The molecule has 8 nitrogen and oxygen atoms in total. The SMILES string of the molecule is COC(=O)c1c(C)[nH]c(C(=O)C(C)N2CCC(NC(=O)OC(C)(C)C)CC2)c1C. The van der Waals surface area contributed by atoms with Crippen LogP contribution in [0.2, 0.25) is 0 Å². The Balaban J connectivity index is 1.97. The van der Waals surface area contributed by atoms with Gasteiger partial charge in [0.2, 0.25) is 0 Å². The fourth-order valence-electron chi connectivity index (χ4n) is 3.68. The zero-order valence-electron chi connectivity index (χ0n) is 18.5. The molecule has 1 fully saturated rings. The molecule has 2 heterocycles. The molecule has 0 bridgehead atoms. The molecular weight excluding hydrogens is 374 g/mol. The van der Waals surface area contributed by atoms with E-state index in [1.807, 2.05) is 27.7 Å². The smallest absolute Gasteiger partial charge is 0.407 e. The van der Waals surface area contributed by atoms with E-state index in [-0.39, 0.29) is 17.9 Å². The highest BCUT2D eigenvalue weighted by Crippen LogP contribution is 2.23. The van der Waals surface area contributed by atoms with Crippen LogP contribution >= 0.6 is 0 Å². The van der Waals surface area contributed by atoms with E-state index in [1.165, 1.54) is 7.11 Å². The van der Waals surface area contributed by atoms with Gasteiger partial charge in [-0.2, -0.15) is 0 Å². The fraction of sp³-hybridized carbons (Fsp3) is 0.667. The number of Topliss-reactive ketones (excluding diaryl/α,β-unsaturated/α-hetero) is 1. The largest absolute Gasteiger partial charge is 0.465 e. The Morgan fingerprint density at radius 2 is 1.76 bits per heavy atom. The van der Waals surface area contributed by atoms with Gasteiger partial charge in [-0.05, 0) is 59.9 Å². The highest BCUT2D eigenvalue weighted by atomic mass is 16.6. The van der Waals surface area contributed by atoms with Gasteiger partial charge in [0.05, 0.1) is 24.4 Å². The van der Waals surface area contributed by atoms with E-state index < -0.39 is 17.7 Å². The second kappa shape index (κ2) is 8.98. The van der Waals surface area contributed by atoms with E-state index in [1.54, 1.807) is 13.8 Å². The lowest BCUT2D eigenvalue weighted by Crippen LogP contribution is -2.50. The molecular formula is C21H33N3O5. The summed E-state index contributed by atoms with van der Waals surface area (Å²) in [5, 5.41) is 2.90. The van der Waals surface area contributed by atoms with Gasteiger partial charge in [-0.25, -0.2) is 9.59 Å². The van der Waals surface area contributed by atoms with Crippen LogP contribution in [0.15, 0.2) is 0 Å². The summed E-state index contributed by atoms with van der Waals surface area (Å²) < 4.78 is 10.1. The summed E-state index contributed by atoms with van der Waals surface area (Å²) in [5.74, 6) is -0.503. The number of carbonyl (C=O) groups excluding carboxylic acids is 3. The average Bonchev–Trinajstić information content (AvgIpc) is 2.93. The predicted octanol–water partition coefficient (Wildman–Crippen LogP) is 2.98. The molecule has 2 rings (SSSR count). The number of nitrogens with zero attached hydrogens (tertiary/aromatic N) is 1. The number of hydrogen-bond acceptors (Lipinski definition) is 6. The van der Waals surface area contributed by atoms with Crippen LogP contribution in [0.4, 0.5) is 4.79 Å². The number of carbonyl (C=O) groups is 3. The number of hydrogen-bond donors (Lipinski definition) is 2. The van der Waals surface area contributed by atoms with Gasteiger partial charge in [0.25, 0.3) is 0 Å². The van der Waals surface area contributed by atoms with Crippen LogP contribution in [0.5, 0.6) is 0 Å². The van der Waals surface area contributed by atoms with E-state index >= 15 is 0 Å². The maximum atomic E-state index is 13.0. The Morgan fingerprint density at radius 3 is 2.28 bits per heavy atom. The summed E-state index contributed by atoms with van der Waals surface area (Å²) in [7, 11) is 1.33. The molecule has 1 aromatic heterocycles. The molecule has 1 atom stereocenters. The van der Waals surface area contributed by atoms with Gasteiger partial charge in [0.15, 0.2) is 5.78 Å². The average molecular weight is 408 g/mol. The van der Waals surface area contributed by atoms with Crippen molar-refractivity contribution in [1.29, 1.82) is 0 Å². The van der Waals surface area contributed by atoms with Crippen LogP contribution in [-0.2, 0) is 9.47 Å². The Labute approximate surface area is 172 Å². The summed E-state index contributed by atoms with van der Waals surface area (Å²) >= 11 is 0. The number of ketones is 1. The van der Waals surface area contributed by atoms with E-state index in [9.17, 15) is 14.4 Å². The summed E-state index contributed by atoms with van der Waals surface area (Å²) in [6.07, 6.45) is 1.08. The van der Waals surface area contributed by atoms with Gasteiger partial charge in [-0.3, -0.25) is 9.69 Å². The molecule has 1 aromatic rings. The minimum absolute atomic E-state index is 0.0313. The monoisotopic (exact) mass is 407 g/mol. The maximum Gasteiger partial charge on any atom is 0.407 e. The molecule has 162 valence electrons. The minimum atomic E-state index is -0.527. The number of rotatable bonds is 5. The van der Waals surface area contributed by atoms with Gasteiger partial charge < -0.3 is 19.8 Å². The van der Waals surface area contributed by atoms with E-state index in [0.717, 1.165) is 12.8 Å². The van der Waals surface area contributed by atoms with Gasteiger partial charge in [-0.15, -0.1) is 0 Å². The van der Waals surface area contributed by atoms with Crippen molar-refractivity contribution in [2.75, 3.05) is 20.2 Å². The number of aryl methyl sites for hydroxylation is 1. The molecule has 0 aliphatic carbocycles. The van der Waals surface area contributed by atoms with Crippen molar-refractivity contribution in [2.45, 2.75) is 72.1 Å². The summed E-state index contributed by atoms with van der Waals surface area (Å²) in [6.45, 7) is 12.3. The molecule has 1 unspecified atom stereocenters. The molecule has 1 aliphatic heterocycles. The number of H-pyrrole nitrogens is 1. The maximum absolute atomic E-state index is 13.0. The first kappa shape index (κ1) is 22.9.